The van der Waals surface area contributed by atoms with E-state index in [9.17, 15) is 29.1 Å². The first-order valence-electron chi connectivity index (χ1n) is 13.3. The lowest BCUT2D eigenvalue weighted by atomic mass is 10.0. The maximum atomic E-state index is 13.3. The molecule has 0 saturated heterocycles. The summed E-state index contributed by atoms with van der Waals surface area (Å²) in [6.07, 6.45) is 0.964. The minimum atomic E-state index is -1.49. The van der Waals surface area contributed by atoms with Gasteiger partial charge in [-0.05, 0) is 57.1 Å². The summed E-state index contributed by atoms with van der Waals surface area (Å²) in [5, 5.41) is 25.8. The minimum absolute atomic E-state index is 0.0244. The van der Waals surface area contributed by atoms with Gasteiger partial charge in [-0.25, -0.2) is 4.79 Å². The fourth-order valence-electron chi connectivity index (χ4n) is 3.84. The number of carbonyl (C=O) groups is 5. The van der Waals surface area contributed by atoms with Gasteiger partial charge in [0.15, 0.2) is 5.96 Å². The second kappa shape index (κ2) is 18.9. The molecule has 0 aliphatic heterocycles. The molecule has 228 valence electrons. The first-order valence-corrected chi connectivity index (χ1v) is 13.3. The Morgan fingerprint density at radius 1 is 0.780 bits per heavy atom. The van der Waals surface area contributed by atoms with Crippen molar-refractivity contribution in [2.75, 3.05) is 13.1 Å². The van der Waals surface area contributed by atoms with Crippen molar-refractivity contribution in [2.24, 2.45) is 27.9 Å². The van der Waals surface area contributed by atoms with Crippen molar-refractivity contribution < 1.29 is 34.2 Å². The van der Waals surface area contributed by atoms with E-state index in [1.807, 2.05) is 30.3 Å². The van der Waals surface area contributed by atoms with E-state index in [-0.39, 0.29) is 44.6 Å². The molecular formula is C26H42N8O7. The number of amides is 3. The average molecular weight is 579 g/mol. The molecule has 1 aromatic rings. The predicted molar refractivity (Wildman–Crippen MR) is 151 cm³/mol. The van der Waals surface area contributed by atoms with Gasteiger partial charge in [0, 0.05) is 13.0 Å². The zero-order valence-electron chi connectivity index (χ0n) is 23.0. The molecule has 0 radical (unpaired) electrons. The van der Waals surface area contributed by atoms with Crippen LogP contribution in [0.5, 0.6) is 0 Å². The van der Waals surface area contributed by atoms with Gasteiger partial charge in [-0.3, -0.25) is 24.2 Å². The summed E-state index contributed by atoms with van der Waals surface area (Å²) in [5.74, 6) is -4.90. The predicted octanol–water partition coefficient (Wildman–Crippen LogP) is -1.86. The minimum Gasteiger partial charge on any atom is -0.481 e. The maximum Gasteiger partial charge on any atom is 0.326 e. The third-order valence-electron chi connectivity index (χ3n) is 6.05. The zero-order valence-corrected chi connectivity index (χ0v) is 23.0. The van der Waals surface area contributed by atoms with E-state index in [4.69, 9.17) is 28.0 Å². The highest BCUT2D eigenvalue weighted by molar-refractivity contribution is 5.94. The number of hydrogen-bond donors (Lipinski definition) is 9. The summed E-state index contributed by atoms with van der Waals surface area (Å²) in [4.78, 5) is 65.5. The Bertz CT molecular complexity index is 1030. The fraction of sp³-hybridized carbons (Fsp3) is 0.538. The summed E-state index contributed by atoms with van der Waals surface area (Å²) >= 11 is 0. The number of aliphatic carboxylic acids is 2. The summed E-state index contributed by atoms with van der Waals surface area (Å²) in [6, 6.07) is 4.41. The van der Waals surface area contributed by atoms with Crippen LogP contribution >= 0.6 is 0 Å². The molecule has 3 amide bonds. The Kier molecular flexibility index (Phi) is 16.1. The fourth-order valence-corrected chi connectivity index (χ4v) is 3.84. The summed E-state index contributed by atoms with van der Waals surface area (Å²) in [7, 11) is 0. The lowest BCUT2D eigenvalue weighted by molar-refractivity contribution is -0.143. The molecule has 0 aliphatic rings. The van der Waals surface area contributed by atoms with Crippen molar-refractivity contribution in [1.29, 1.82) is 0 Å². The molecule has 0 saturated carbocycles. The number of unbranched alkanes of at least 4 members (excludes halogenated alkanes) is 1. The van der Waals surface area contributed by atoms with E-state index in [1.165, 1.54) is 0 Å². The Labute approximate surface area is 238 Å². The number of hydrogen-bond acceptors (Lipinski definition) is 8. The molecule has 0 bridgehead atoms. The van der Waals surface area contributed by atoms with E-state index in [2.05, 4.69) is 20.9 Å². The highest BCUT2D eigenvalue weighted by Gasteiger charge is 2.30. The Hall–Kier alpha value is -4.24. The number of carboxylic acids is 2. The van der Waals surface area contributed by atoms with Gasteiger partial charge in [-0.2, -0.15) is 0 Å². The summed E-state index contributed by atoms with van der Waals surface area (Å²) < 4.78 is 0. The van der Waals surface area contributed by atoms with E-state index in [1.54, 1.807) is 0 Å². The van der Waals surface area contributed by atoms with E-state index >= 15 is 0 Å². The van der Waals surface area contributed by atoms with Crippen molar-refractivity contribution in [2.45, 2.75) is 75.5 Å². The van der Waals surface area contributed by atoms with Crippen LogP contribution in [0.1, 0.15) is 50.5 Å². The number of rotatable bonds is 20. The molecule has 1 rings (SSSR count). The van der Waals surface area contributed by atoms with E-state index in [0.29, 0.717) is 19.4 Å². The number of nitrogens with two attached hydrogens (primary N) is 4. The molecule has 4 atom stereocenters. The third-order valence-corrected chi connectivity index (χ3v) is 6.05. The maximum absolute atomic E-state index is 13.3. The van der Waals surface area contributed by atoms with Crippen molar-refractivity contribution in [3.63, 3.8) is 0 Å². The van der Waals surface area contributed by atoms with Gasteiger partial charge < -0.3 is 49.1 Å². The lowest BCUT2D eigenvalue weighted by Gasteiger charge is -2.25. The van der Waals surface area contributed by atoms with Gasteiger partial charge in [0.2, 0.25) is 17.7 Å². The molecule has 15 nitrogen and oxygen atoms in total. The quantitative estimate of drug-likeness (QED) is 0.0470. The first kappa shape index (κ1) is 34.8. The van der Waals surface area contributed by atoms with Gasteiger partial charge in [0.05, 0.1) is 6.04 Å². The SMILES string of the molecule is NCCCCC(NC(=O)C(N)Cc1ccccc1)C(=O)NC(CCCN=C(N)N)C(=O)NC(CCC(=O)O)C(=O)O. The molecule has 0 aliphatic carbocycles. The van der Waals surface area contributed by atoms with E-state index in [0.717, 1.165) is 5.56 Å². The summed E-state index contributed by atoms with van der Waals surface area (Å²) in [6.45, 7) is 0.507. The van der Waals surface area contributed by atoms with Gasteiger partial charge in [0.25, 0.3) is 0 Å². The van der Waals surface area contributed by atoms with Crippen molar-refractivity contribution in [1.82, 2.24) is 16.0 Å². The lowest BCUT2D eigenvalue weighted by Crippen LogP contribution is -2.57. The van der Waals surface area contributed by atoms with Crippen LogP contribution in [0, 0.1) is 0 Å². The van der Waals surface area contributed by atoms with Crippen LogP contribution in [0.4, 0.5) is 0 Å². The molecule has 13 N–H and O–H groups in total. The van der Waals surface area contributed by atoms with Crippen LogP contribution in [0.2, 0.25) is 0 Å². The normalized spacial score (nSPS) is 13.6. The van der Waals surface area contributed by atoms with Gasteiger partial charge >= 0.3 is 11.9 Å². The Balaban J connectivity index is 3.04. The Morgan fingerprint density at radius 2 is 1.34 bits per heavy atom. The molecule has 1 aromatic carbocycles. The Morgan fingerprint density at radius 3 is 1.88 bits per heavy atom. The van der Waals surface area contributed by atoms with Crippen LogP contribution in [-0.2, 0) is 30.4 Å². The number of benzene rings is 1. The number of carboxylic acid groups (broad SMARTS) is 2. The standard InChI is InChI=1S/C26H42N8O7/c27-13-5-4-9-18(32-22(37)17(28)15-16-7-2-1-3-8-16)23(38)33-19(10-6-14-31-26(29)30)24(39)34-20(25(40)41)11-12-21(35)36/h1-3,7-8,17-20H,4-6,9-15,27-28H2,(H,32,37)(H,33,38)(H,34,39)(H,35,36)(H,40,41)(H4,29,30,31). The van der Waals surface area contributed by atoms with Crippen LogP contribution in [-0.4, -0.2) is 83.1 Å². The van der Waals surface area contributed by atoms with Crippen molar-refractivity contribution in [3.05, 3.63) is 35.9 Å². The molecule has 15 heteroatoms. The second-order valence-electron chi connectivity index (χ2n) is 9.48. The second-order valence-corrected chi connectivity index (χ2v) is 9.48. The van der Waals surface area contributed by atoms with Crippen LogP contribution in [0.3, 0.4) is 0 Å². The molecule has 4 unspecified atom stereocenters. The van der Waals surface area contributed by atoms with Gasteiger partial charge in [-0.1, -0.05) is 30.3 Å². The molecule has 0 heterocycles. The number of carbonyl (C=O) groups excluding carboxylic acids is 3. The van der Waals surface area contributed by atoms with Crippen molar-refractivity contribution in [3.8, 4) is 0 Å². The van der Waals surface area contributed by atoms with Crippen LogP contribution in [0.15, 0.2) is 35.3 Å². The first-order chi connectivity index (χ1) is 19.4. The molecular weight excluding hydrogens is 536 g/mol. The van der Waals surface area contributed by atoms with Crippen LogP contribution < -0.4 is 38.9 Å². The van der Waals surface area contributed by atoms with Gasteiger partial charge in [0.1, 0.15) is 18.1 Å². The van der Waals surface area contributed by atoms with Gasteiger partial charge in [-0.15, -0.1) is 0 Å². The summed E-state index contributed by atoms with van der Waals surface area (Å²) in [5.41, 5.74) is 23.2. The van der Waals surface area contributed by atoms with E-state index < -0.39 is 60.2 Å². The number of aliphatic imine (C=N–C) groups is 1. The largest absolute Gasteiger partial charge is 0.481 e. The number of guanidine groups is 1. The molecule has 0 aromatic heterocycles. The van der Waals surface area contributed by atoms with Crippen molar-refractivity contribution >= 4 is 35.6 Å². The average Bonchev–Trinajstić information content (AvgIpc) is 2.91. The van der Waals surface area contributed by atoms with Crippen LogP contribution in [0.25, 0.3) is 0 Å². The molecule has 0 fully saturated rings. The monoisotopic (exact) mass is 578 g/mol. The molecule has 41 heavy (non-hydrogen) atoms. The third kappa shape index (κ3) is 14.6. The highest BCUT2D eigenvalue weighted by Crippen LogP contribution is 2.08. The number of nitrogens with one attached hydrogen (secondary N) is 3. The highest BCUT2D eigenvalue weighted by atomic mass is 16.4. The zero-order chi connectivity index (χ0) is 30.8. The topological polar surface area (TPSA) is 278 Å². The smallest absolute Gasteiger partial charge is 0.326 e. The molecule has 0 spiro atoms. The number of nitrogens with zero attached hydrogens (tertiary/aromatic N) is 1.